The third-order valence-electron chi connectivity index (χ3n) is 3.79. The molecule has 6 nitrogen and oxygen atoms in total. The fourth-order valence-electron chi connectivity index (χ4n) is 2.74. The molecule has 4 N–H and O–H groups in total. The molecule has 0 bridgehead atoms. The number of nitrogens with two attached hydrogens (primary N) is 1. The quantitative estimate of drug-likeness (QED) is 0.730. The van der Waals surface area contributed by atoms with Crippen molar-refractivity contribution in [1.82, 2.24) is 4.98 Å². The van der Waals surface area contributed by atoms with Gasteiger partial charge in [0.2, 0.25) is 5.91 Å². The van der Waals surface area contributed by atoms with E-state index in [1.807, 2.05) is 12.1 Å². The van der Waals surface area contributed by atoms with Gasteiger partial charge in [-0.15, -0.1) is 0 Å². The summed E-state index contributed by atoms with van der Waals surface area (Å²) in [6.07, 6.45) is 6.21. The molecular formula is C15H24N4O2. The first-order valence-electron chi connectivity index (χ1n) is 7.58. The van der Waals surface area contributed by atoms with E-state index in [4.69, 9.17) is 5.73 Å². The number of amides is 1. The van der Waals surface area contributed by atoms with Crippen LogP contribution in [-0.4, -0.2) is 41.7 Å². The van der Waals surface area contributed by atoms with E-state index in [-0.39, 0.29) is 12.5 Å². The number of pyridine rings is 1. The smallest absolute Gasteiger partial charge is 0.225 e. The van der Waals surface area contributed by atoms with Gasteiger partial charge in [-0.05, 0) is 37.8 Å². The molecule has 1 aliphatic heterocycles. The Hall–Kier alpha value is -1.66. The molecule has 0 aromatic carbocycles. The third-order valence-corrected chi connectivity index (χ3v) is 3.79. The van der Waals surface area contributed by atoms with Gasteiger partial charge in [0, 0.05) is 32.2 Å². The van der Waals surface area contributed by atoms with E-state index < -0.39 is 0 Å². The lowest BCUT2D eigenvalue weighted by atomic mass is 9.99. The fourth-order valence-corrected chi connectivity index (χ4v) is 2.74. The number of nitrogens with one attached hydrogen (secondary N) is 1. The van der Waals surface area contributed by atoms with Crippen LogP contribution in [0.5, 0.6) is 0 Å². The van der Waals surface area contributed by atoms with Gasteiger partial charge in [-0.3, -0.25) is 4.79 Å². The monoisotopic (exact) mass is 292 g/mol. The van der Waals surface area contributed by atoms with Gasteiger partial charge in [0.05, 0.1) is 11.9 Å². The Morgan fingerprint density at radius 3 is 3.00 bits per heavy atom. The molecule has 0 radical (unpaired) electrons. The lowest BCUT2D eigenvalue weighted by Gasteiger charge is -2.36. The molecule has 1 amide bonds. The minimum Gasteiger partial charge on any atom is -0.396 e. The predicted molar refractivity (Wildman–Crippen MR) is 83.2 cm³/mol. The molecular weight excluding hydrogens is 268 g/mol. The molecule has 21 heavy (non-hydrogen) atoms. The van der Waals surface area contributed by atoms with Crippen molar-refractivity contribution in [2.75, 3.05) is 29.9 Å². The summed E-state index contributed by atoms with van der Waals surface area (Å²) in [5, 5.41) is 11.9. The first kappa shape index (κ1) is 15.7. The van der Waals surface area contributed by atoms with Crippen LogP contribution < -0.4 is 16.0 Å². The molecule has 1 unspecified atom stereocenters. The fraction of sp³-hybridized carbons (Fsp3) is 0.600. The zero-order valence-electron chi connectivity index (χ0n) is 12.3. The molecule has 0 spiro atoms. The van der Waals surface area contributed by atoms with E-state index in [0.717, 1.165) is 31.6 Å². The molecule has 2 heterocycles. The number of piperidine rings is 1. The number of carbonyl (C=O) groups is 1. The molecule has 1 aliphatic rings. The van der Waals surface area contributed by atoms with Crippen LogP contribution in [0, 0.1) is 0 Å². The zero-order chi connectivity index (χ0) is 15.1. The van der Waals surface area contributed by atoms with E-state index in [1.165, 1.54) is 6.42 Å². The third kappa shape index (κ3) is 4.41. The number of hydrogen-bond acceptors (Lipinski definition) is 5. The Bertz CT molecular complexity index is 447. The highest BCUT2D eigenvalue weighted by atomic mass is 16.3. The summed E-state index contributed by atoms with van der Waals surface area (Å²) in [4.78, 5) is 18.2. The van der Waals surface area contributed by atoms with Gasteiger partial charge in [0.15, 0.2) is 0 Å². The van der Waals surface area contributed by atoms with E-state index in [1.54, 1.807) is 6.20 Å². The molecule has 1 saturated heterocycles. The van der Waals surface area contributed by atoms with Gasteiger partial charge in [0.25, 0.3) is 0 Å². The second-order valence-electron chi connectivity index (χ2n) is 5.35. The van der Waals surface area contributed by atoms with Crippen molar-refractivity contribution in [2.45, 2.75) is 38.1 Å². The Balaban J connectivity index is 2.01. The van der Waals surface area contributed by atoms with Crippen LogP contribution in [0.4, 0.5) is 11.5 Å². The average molecular weight is 292 g/mol. The van der Waals surface area contributed by atoms with Crippen molar-refractivity contribution in [3.63, 3.8) is 0 Å². The van der Waals surface area contributed by atoms with Crippen LogP contribution in [0.1, 0.15) is 32.1 Å². The number of aliphatic hydroxyl groups is 1. The molecule has 1 fully saturated rings. The minimum absolute atomic E-state index is 0.0943. The summed E-state index contributed by atoms with van der Waals surface area (Å²) in [7, 11) is 0. The van der Waals surface area contributed by atoms with E-state index in [2.05, 4.69) is 15.2 Å². The summed E-state index contributed by atoms with van der Waals surface area (Å²) in [5.41, 5.74) is 6.03. The molecule has 0 saturated carbocycles. The van der Waals surface area contributed by atoms with Crippen molar-refractivity contribution in [3.05, 3.63) is 18.3 Å². The van der Waals surface area contributed by atoms with Crippen LogP contribution in [0.3, 0.4) is 0 Å². The molecule has 0 aliphatic carbocycles. The van der Waals surface area contributed by atoms with Crippen LogP contribution in [0.15, 0.2) is 18.3 Å². The Morgan fingerprint density at radius 1 is 1.48 bits per heavy atom. The van der Waals surface area contributed by atoms with E-state index >= 15 is 0 Å². The first-order valence-corrected chi connectivity index (χ1v) is 7.58. The summed E-state index contributed by atoms with van der Waals surface area (Å²) in [6.45, 7) is 1.51. The summed E-state index contributed by atoms with van der Waals surface area (Å²) < 4.78 is 0. The maximum atomic E-state index is 11.5. The maximum Gasteiger partial charge on any atom is 0.225 e. The van der Waals surface area contributed by atoms with Gasteiger partial charge in [-0.25, -0.2) is 4.98 Å². The Kier molecular flexibility index (Phi) is 5.95. The van der Waals surface area contributed by atoms with Crippen LogP contribution in [-0.2, 0) is 4.79 Å². The number of aliphatic hydroxyl groups excluding tert-OH is 1. The average Bonchev–Trinajstić information content (AvgIpc) is 2.49. The minimum atomic E-state index is -0.0943. The largest absolute Gasteiger partial charge is 0.396 e. The highest BCUT2D eigenvalue weighted by Crippen LogP contribution is 2.25. The van der Waals surface area contributed by atoms with Gasteiger partial charge in [-0.1, -0.05) is 0 Å². The van der Waals surface area contributed by atoms with Crippen LogP contribution in [0.25, 0.3) is 0 Å². The number of nitrogens with zero attached hydrogens (tertiary/aromatic N) is 2. The number of hydrogen-bond donors (Lipinski definition) is 3. The second-order valence-corrected chi connectivity index (χ2v) is 5.35. The standard InChI is InChI=1S/C15H24N4O2/c16-8-6-15(21)18-12-4-5-14(17-11-12)19-9-2-1-3-13(19)7-10-20/h4-5,11,13,20H,1-3,6-10,16H2,(H,18,21). The van der Waals surface area contributed by atoms with Gasteiger partial charge >= 0.3 is 0 Å². The summed E-state index contributed by atoms with van der Waals surface area (Å²) in [5.74, 6) is 0.813. The Morgan fingerprint density at radius 2 is 2.33 bits per heavy atom. The van der Waals surface area contributed by atoms with Gasteiger partial charge < -0.3 is 21.1 Å². The van der Waals surface area contributed by atoms with Crippen molar-refractivity contribution >= 4 is 17.4 Å². The normalized spacial score (nSPS) is 18.6. The topological polar surface area (TPSA) is 91.5 Å². The van der Waals surface area contributed by atoms with Gasteiger partial charge in [-0.2, -0.15) is 0 Å². The van der Waals surface area contributed by atoms with Gasteiger partial charge in [0.1, 0.15) is 5.82 Å². The lowest BCUT2D eigenvalue weighted by molar-refractivity contribution is -0.116. The lowest BCUT2D eigenvalue weighted by Crippen LogP contribution is -2.40. The number of anilines is 2. The number of rotatable bonds is 6. The first-order chi connectivity index (χ1) is 10.2. The van der Waals surface area contributed by atoms with Crippen molar-refractivity contribution < 1.29 is 9.90 Å². The molecule has 116 valence electrons. The van der Waals surface area contributed by atoms with Crippen LogP contribution in [0.2, 0.25) is 0 Å². The highest BCUT2D eigenvalue weighted by molar-refractivity contribution is 5.90. The van der Waals surface area contributed by atoms with Crippen molar-refractivity contribution in [2.24, 2.45) is 5.73 Å². The highest BCUT2D eigenvalue weighted by Gasteiger charge is 2.22. The van der Waals surface area contributed by atoms with Crippen molar-refractivity contribution in [1.29, 1.82) is 0 Å². The van der Waals surface area contributed by atoms with E-state index in [0.29, 0.717) is 24.7 Å². The SMILES string of the molecule is NCCC(=O)Nc1ccc(N2CCCCC2CCO)nc1. The second kappa shape index (κ2) is 7.95. The number of carbonyl (C=O) groups excluding carboxylic acids is 1. The number of aromatic nitrogens is 1. The molecule has 1 aromatic heterocycles. The molecule has 6 heteroatoms. The summed E-state index contributed by atoms with van der Waals surface area (Å²) >= 11 is 0. The summed E-state index contributed by atoms with van der Waals surface area (Å²) in [6, 6.07) is 4.14. The molecule has 1 aromatic rings. The predicted octanol–water partition coefficient (Wildman–Crippen LogP) is 1.11. The molecule has 2 rings (SSSR count). The molecule has 1 atom stereocenters. The Labute approximate surface area is 125 Å². The zero-order valence-corrected chi connectivity index (χ0v) is 12.3. The van der Waals surface area contributed by atoms with E-state index in [9.17, 15) is 9.90 Å². The van der Waals surface area contributed by atoms with Crippen LogP contribution >= 0.6 is 0 Å². The maximum absolute atomic E-state index is 11.5. The van der Waals surface area contributed by atoms with Crippen molar-refractivity contribution in [3.8, 4) is 0 Å².